The molecule has 0 heterocycles. The number of amides is 2. The Balaban J connectivity index is 0.000000771. The third-order valence-electron chi connectivity index (χ3n) is 3.88. The van der Waals surface area contributed by atoms with Crippen molar-refractivity contribution >= 4 is 6.03 Å². The molecule has 0 aromatic heterocycles. The van der Waals surface area contributed by atoms with Crippen molar-refractivity contribution in [1.29, 1.82) is 0 Å². The molecular formula is C15H30N2O. The lowest BCUT2D eigenvalue weighted by Gasteiger charge is -2.26. The van der Waals surface area contributed by atoms with E-state index in [0.717, 1.165) is 25.7 Å². The molecule has 3 nitrogen and oxygen atoms in total. The van der Waals surface area contributed by atoms with Gasteiger partial charge in [-0.1, -0.05) is 52.4 Å². The molecule has 2 amide bonds. The van der Waals surface area contributed by atoms with Gasteiger partial charge in [-0.05, 0) is 25.7 Å². The molecule has 2 saturated carbocycles. The van der Waals surface area contributed by atoms with Gasteiger partial charge in [-0.2, -0.15) is 0 Å². The Labute approximate surface area is 112 Å². The van der Waals surface area contributed by atoms with Crippen LogP contribution in [0.25, 0.3) is 0 Å². The fraction of sp³-hybridized carbons (Fsp3) is 0.933. The summed E-state index contributed by atoms with van der Waals surface area (Å²) in [5.41, 5.74) is 0. The molecule has 106 valence electrons. The van der Waals surface area contributed by atoms with Crippen LogP contribution < -0.4 is 10.6 Å². The molecule has 2 N–H and O–H groups in total. The summed E-state index contributed by atoms with van der Waals surface area (Å²) < 4.78 is 0. The molecule has 0 aromatic rings. The summed E-state index contributed by atoms with van der Waals surface area (Å²) in [5.74, 6) is 0. The molecule has 0 aliphatic heterocycles. The molecule has 0 aromatic carbocycles. The van der Waals surface area contributed by atoms with E-state index in [4.69, 9.17) is 0 Å². The zero-order valence-corrected chi connectivity index (χ0v) is 12.1. The van der Waals surface area contributed by atoms with Crippen molar-refractivity contribution in [2.75, 3.05) is 0 Å². The molecule has 2 aliphatic rings. The first-order valence-electron chi connectivity index (χ1n) is 7.91. The lowest BCUT2D eigenvalue weighted by molar-refractivity contribution is 0.224. The van der Waals surface area contributed by atoms with Gasteiger partial charge in [0.1, 0.15) is 0 Å². The number of rotatable bonds is 2. The highest BCUT2D eigenvalue weighted by atomic mass is 16.2. The third-order valence-corrected chi connectivity index (χ3v) is 3.88. The maximum absolute atomic E-state index is 11.8. The summed E-state index contributed by atoms with van der Waals surface area (Å²) in [5, 5.41) is 6.23. The maximum Gasteiger partial charge on any atom is 0.315 e. The van der Waals surface area contributed by atoms with Gasteiger partial charge in [-0.3, -0.25) is 0 Å². The highest BCUT2D eigenvalue weighted by molar-refractivity contribution is 5.74. The predicted molar refractivity (Wildman–Crippen MR) is 76.8 cm³/mol. The SMILES string of the molecule is CC.O=C(NC1CCCCC1)NC1CCCCC1. The van der Waals surface area contributed by atoms with Crippen LogP contribution in [0.4, 0.5) is 4.79 Å². The quantitative estimate of drug-likeness (QED) is 0.769. The van der Waals surface area contributed by atoms with E-state index < -0.39 is 0 Å². The summed E-state index contributed by atoms with van der Waals surface area (Å²) in [6, 6.07) is 0.925. The summed E-state index contributed by atoms with van der Waals surface area (Å²) in [7, 11) is 0. The Kier molecular flexibility index (Phi) is 7.86. The third kappa shape index (κ3) is 5.74. The predicted octanol–water partition coefficient (Wildman–Crippen LogP) is 3.98. The lowest BCUT2D eigenvalue weighted by atomic mass is 9.95. The second-order valence-electron chi connectivity index (χ2n) is 5.29. The van der Waals surface area contributed by atoms with Crippen molar-refractivity contribution in [3.8, 4) is 0 Å². The van der Waals surface area contributed by atoms with Gasteiger partial charge in [0.05, 0.1) is 0 Å². The van der Waals surface area contributed by atoms with Gasteiger partial charge < -0.3 is 10.6 Å². The van der Waals surface area contributed by atoms with Crippen molar-refractivity contribution in [3.63, 3.8) is 0 Å². The monoisotopic (exact) mass is 254 g/mol. The molecule has 0 radical (unpaired) electrons. The van der Waals surface area contributed by atoms with Gasteiger partial charge in [0.2, 0.25) is 0 Å². The van der Waals surface area contributed by atoms with Crippen LogP contribution in [0, 0.1) is 0 Å². The average molecular weight is 254 g/mol. The smallest absolute Gasteiger partial charge is 0.315 e. The van der Waals surface area contributed by atoms with Crippen molar-refractivity contribution in [2.24, 2.45) is 0 Å². The van der Waals surface area contributed by atoms with Gasteiger partial charge in [-0.25, -0.2) is 4.79 Å². The first-order valence-corrected chi connectivity index (χ1v) is 7.91. The van der Waals surface area contributed by atoms with Gasteiger partial charge in [0.15, 0.2) is 0 Å². The number of urea groups is 1. The van der Waals surface area contributed by atoms with Crippen LogP contribution in [0.5, 0.6) is 0 Å². The Bertz CT molecular complexity index is 197. The Morgan fingerprint density at radius 3 is 1.39 bits per heavy atom. The van der Waals surface area contributed by atoms with Crippen molar-refractivity contribution in [2.45, 2.75) is 90.1 Å². The highest BCUT2D eigenvalue weighted by Gasteiger charge is 2.19. The van der Waals surface area contributed by atoms with E-state index in [1.54, 1.807) is 0 Å². The molecule has 0 bridgehead atoms. The number of carbonyl (C=O) groups is 1. The van der Waals surface area contributed by atoms with Crippen LogP contribution in [0.3, 0.4) is 0 Å². The molecule has 18 heavy (non-hydrogen) atoms. The topological polar surface area (TPSA) is 41.1 Å². The van der Waals surface area contributed by atoms with E-state index >= 15 is 0 Å². The van der Waals surface area contributed by atoms with E-state index in [0.29, 0.717) is 12.1 Å². The molecule has 3 heteroatoms. The minimum atomic E-state index is 0.0683. The van der Waals surface area contributed by atoms with Gasteiger partial charge in [0.25, 0.3) is 0 Å². The zero-order valence-electron chi connectivity index (χ0n) is 12.1. The Hall–Kier alpha value is -0.730. The van der Waals surface area contributed by atoms with E-state index in [1.165, 1.54) is 38.5 Å². The van der Waals surface area contributed by atoms with Gasteiger partial charge >= 0.3 is 6.03 Å². The maximum atomic E-state index is 11.8. The molecule has 2 aliphatic carbocycles. The van der Waals surface area contributed by atoms with E-state index in [9.17, 15) is 4.79 Å². The summed E-state index contributed by atoms with van der Waals surface area (Å²) in [6.45, 7) is 4.00. The number of hydrogen-bond acceptors (Lipinski definition) is 1. The second kappa shape index (κ2) is 9.23. The van der Waals surface area contributed by atoms with E-state index in [2.05, 4.69) is 10.6 Å². The summed E-state index contributed by atoms with van der Waals surface area (Å²) >= 11 is 0. The molecule has 2 fully saturated rings. The average Bonchev–Trinajstić information content (AvgIpc) is 2.43. The molecular weight excluding hydrogens is 224 g/mol. The van der Waals surface area contributed by atoms with Crippen molar-refractivity contribution in [1.82, 2.24) is 10.6 Å². The molecule has 0 spiro atoms. The van der Waals surface area contributed by atoms with Crippen LogP contribution in [0.15, 0.2) is 0 Å². The van der Waals surface area contributed by atoms with E-state index in [-0.39, 0.29) is 6.03 Å². The van der Waals surface area contributed by atoms with Gasteiger partial charge in [0, 0.05) is 12.1 Å². The molecule has 0 unspecified atom stereocenters. The lowest BCUT2D eigenvalue weighted by Crippen LogP contribution is -2.47. The van der Waals surface area contributed by atoms with Crippen LogP contribution in [-0.4, -0.2) is 18.1 Å². The highest BCUT2D eigenvalue weighted by Crippen LogP contribution is 2.19. The largest absolute Gasteiger partial charge is 0.335 e. The van der Waals surface area contributed by atoms with Crippen LogP contribution in [0.2, 0.25) is 0 Å². The standard InChI is InChI=1S/C13H24N2O.C2H6/c16-13(14-11-7-3-1-4-8-11)15-12-9-5-2-6-10-12;1-2/h11-12H,1-10H2,(H2,14,15,16);1-2H3. The minimum absolute atomic E-state index is 0.0683. The summed E-state index contributed by atoms with van der Waals surface area (Å²) in [6.07, 6.45) is 12.4. The molecule has 0 atom stereocenters. The van der Waals surface area contributed by atoms with Crippen molar-refractivity contribution in [3.05, 3.63) is 0 Å². The molecule has 0 saturated heterocycles. The summed E-state index contributed by atoms with van der Waals surface area (Å²) in [4.78, 5) is 11.8. The Morgan fingerprint density at radius 1 is 0.722 bits per heavy atom. The Morgan fingerprint density at radius 2 is 1.06 bits per heavy atom. The fourth-order valence-electron chi connectivity index (χ4n) is 2.91. The first-order chi connectivity index (χ1) is 8.84. The van der Waals surface area contributed by atoms with Crippen LogP contribution in [0.1, 0.15) is 78.1 Å². The zero-order chi connectivity index (χ0) is 13.2. The van der Waals surface area contributed by atoms with E-state index in [1.807, 2.05) is 13.8 Å². The van der Waals surface area contributed by atoms with Crippen LogP contribution in [-0.2, 0) is 0 Å². The van der Waals surface area contributed by atoms with Crippen molar-refractivity contribution < 1.29 is 4.79 Å². The number of carbonyl (C=O) groups excluding carboxylic acids is 1. The van der Waals surface area contributed by atoms with Crippen LogP contribution >= 0.6 is 0 Å². The second-order valence-corrected chi connectivity index (χ2v) is 5.29. The minimum Gasteiger partial charge on any atom is -0.335 e. The van der Waals surface area contributed by atoms with Gasteiger partial charge in [-0.15, -0.1) is 0 Å². The fourth-order valence-corrected chi connectivity index (χ4v) is 2.91. The normalized spacial score (nSPS) is 21.7. The molecule has 2 rings (SSSR count). The number of nitrogens with one attached hydrogen (secondary N) is 2. The number of hydrogen-bond donors (Lipinski definition) is 2. The first kappa shape index (κ1) is 15.3.